The fraction of sp³-hybridized carbons (Fsp3) is 0.429. The number of benzene rings is 1. The van der Waals surface area contributed by atoms with Crippen LogP contribution in [0.4, 0.5) is 0 Å². The molecule has 0 spiro atoms. The van der Waals surface area contributed by atoms with Gasteiger partial charge in [-0.05, 0) is 35.9 Å². The van der Waals surface area contributed by atoms with Crippen LogP contribution in [-0.2, 0) is 32.5 Å². The number of hydrogen-bond donors (Lipinski definition) is 0. The van der Waals surface area contributed by atoms with Gasteiger partial charge in [-0.3, -0.25) is 9.59 Å². The van der Waals surface area contributed by atoms with Crippen LogP contribution in [0.15, 0.2) is 40.6 Å². The summed E-state index contributed by atoms with van der Waals surface area (Å²) in [6.45, 7) is 4.66. The Morgan fingerprint density at radius 3 is 2.60 bits per heavy atom. The van der Waals surface area contributed by atoms with Crippen LogP contribution in [0.1, 0.15) is 34.6 Å². The van der Waals surface area contributed by atoms with E-state index in [1.165, 1.54) is 22.4 Å². The third-order valence-corrected chi connectivity index (χ3v) is 8.22. The molecular formula is C21H26N2O5S2. The molecule has 9 heteroatoms. The number of carbonyl (C=O) groups excluding carboxylic acids is 2. The number of ether oxygens (including phenoxy) is 1. The smallest absolute Gasteiger partial charge is 0.310 e. The highest BCUT2D eigenvalue weighted by molar-refractivity contribution is 7.89. The van der Waals surface area contributed by atoms with Gasteiger partial charge in [-0.25, -0.2) is 8.42 Å². The van der Waals surface area contributed by atoms with E-state index >= 15 is 0 Å². The van der Waals surface area contributed by atoms with E-state index in [9.17, 15) is 18.0 Å². The van der Waals surface area contributed by atoms with Crippen molar-refractivity contribution < 1.29 is 22.7 Å². The quantitative estimate of drug-likeness (QED) is 0.606. The van der Waals surface area contributed by atoms with Gasteiger partial charge in [-0.1, -0.05) is 31.2 Å². The summed E-state index contributed by atoms with van der Waals surface area (Å²) in [6.07, 6.45) is 0.639. The van der Waals surface area contributed by atoms with Crippen LogP contribution in [0.25, 0.3) is 0 Å². The van der Waals surface area contributed by atoms with Crippen molar-refractivity contribution >= 4 is 33.2 Å². The van der Waals surface area contributed by atoms with Gasteiger partial charge in [0, 0.05) is 26.2 Å². The molecule has 0 bridgehead atoms. The Hall–Kier alpha value is -2.23. The summed E-state index contributed by atoms with van der Waals surface area (Å²) in [5, 5.41) is 1.62. The molecule has 0 aliphatic carbocycles. The van der Waals surface area contributed by atoms with Crippen molar-refractivity contribution in [2.45, 2.75) is 31.7 Å². The Balaban J connectivity index is 1.85. The fourth-order valence-electron chi connectivity index (χ4n) is 3.58. The third kappa shape index (κ3) is 4.43. The molecule has 1 aliphatic rings. The Labute approximate surface area is 181 Å². The molecular weight excluding hydrogens is 424 g/mol. The zero-order valence-corrected chi connectivity index (χ0v) is 19.0. The second-order valence-electron chi connectivity index (χ2n) is 7.24. The lowest BCUT2D eigenvalue weighted by atomic mass is 10.0. The molecule has 0 fully saturated rings. The molecule has 0 N–H and O–H groups in total. The number of rotatable bonds is 7. The van der Waals surface area contributed by atoms with Crippen molar-refractivity contribution in [2.75, 3.05) is 26.7 Å². The van der Waals surface area contributed by atoms with Crippen molar-refractivity contribution in [2.24, 2.45) is 5.92 Å². The first kappa shape index (κ1) is 22.5. The number of esters is 1. The van der Waals surface area contributed by atoms with Gasteiger partial charge in [0.05, 0.1) is 13.0 Å². The number of methoxy groups -OCH3 is 1. The van der Waals surface area contributed by atoms with E-state index in [0.29, 0.717) is 26.1 Å². The summed E-state index contributed by atoms with van der Waals surface area (Å²) in [4.78, 5) is 26.6. The van der Waals surface area contributed by atoms with Crippen LogP contribution in [-0.4, -0.2) is 56.2 Å². The lowest BCUT2D eigenvalue weighted by Gasteiger charge is -2.28. The van der Waals surface area contributed by atoms with Crippen molar-refractivity contribution in [1.82, 2.24) is 9.21 Å². The first-order chi connectivity index (χ1) is 14.3. The zero-order chi connectivity index (χ0) is 21.9. The van der Waals surface area contributed by atoms with Crippen molar-refractivity contribution in [3.8, 4) is 0 Å². The number of sulfonamides is 1. The van der Waals surface area contributed by atoms with Crippen LogP contribution >= 0.6 is 11.3 Å². The molecule has 2 aromatic rings. The number of nitrogens with zero attached hydrogens (tertiary/aromatic N) is 2. The Morgan fingerprint density at radius 2 is 1.93 bits per heavy atom. The van der Waals surface area contributed by atoms with Gasteiger partial charge in [-0.2, -0.15) is 4.31 Å². The molecule has 30 heavy (non-hydrogen) atoms. The summed E-state index contributed by atoms with van der Waals surface area (Å²) in [7, 11) is -2.52. The molecule has 1 amide bonds. The lowest BCUT2D eigenvalue weighted by molar-refractivity contribution is -0.145. The number of fused-ring (bicyclic) bond motifs is 1. The molecule has 1 aromatic heterocycles. The van der Waals surface area contributed by atoms with Crippen LogP contribution in [0, 0.1) is 5.92 Å². The fourth-order valence-corrected chi connectivity index (χ4v) is 6.36. The third-order valence-electron chi connectivity index (χ3n) is 5.30. The Bertz CT molecular complexity index is 1030. The van der Waals surface area contributed by atoms with Gasteiger partial charge in [-0.15, -0.1) is 11.3 Å². The van der Waals surface area contributed by atoms with Crippen molar-refractivity contribution in [3.05, 3.63) is 51.7 Å². The highest BCUT2D eigenvalue weighted by Gasteiger charge is 2.34. The highest BCUT2D eigenvalue weighted by atomic mass is 32.2. The average Bonchev–Trinajstić information content (AvgIpc) is 3.26. The van der Waals surface area contributed by atoms with E-state index in [2.05, 4.69) is 0 Å². The summed E-state index contributed by atoms with van der Waals surface area (Å²) in [5.41, 5.74) is 2.14. The van der Waals surface area contributed by atoms with E-state index < -0.39 is 21.9 Å². The van der Waals surface area contributed by atoms with E-state index in [4.69, 9.17) is 4.74 Å². The molecule has 1 aromatic carbocycles. The predicted octanol–water partition coefficient (Wildman–Crippen LogP) is 2.77. The predicted molar refractivity (Wildman–Crippen MR) is 115 cm³/mol. The summed E-state index contributed by atoms with van der Waals surface area (Å²) in [5.74, 6) is -1.30. The molecule has 0 radical (unpaired) electrons. The van der Waals surface area contributed by atoms with Crippen LogP contribution in [0.3, 0.4) is 0 Å². The molecule has 1 unspecified atom stereocenters. The van der Waals surface area contributed by atoms with Gasteiger partial charge in [0.15, 0.2) is 0 Å². The molecule has 1 aliphatic heterocycles. The minimum absolute atomic E-state index is 0.0288. The van der Waals surface area contributed by atoms with E-state index in [0.717, 1.165) is 22.5 Å². The molecule has 1 atom stereocenters. The van der Waals surface area contributed by atoms with Crippen LogP contribution in [0.5, 0.6) is 0 Å². The largest absolute Gasteiger partial charge is 0.469 e. The van der Waals surface area contributed by atoms with E-state index in [-0.39, 0.29) is 22.2 Å². The standard InChI is InChI=1S/C21H26N2O5S2/c1-4-22(13-15(2)21(25)28-3)20(24)19-18(10-12-29-19)30(26,27)23-11-9-16-7-5-6-8-17(16)14-23/h5-8,10,12,15H,4,9,11,13-14H2,1-3H3. The van der Waals surface area contributed by atoms with Crippen molar-refractivity contribution in [1.29, 1.82) is 0 Å². The number of hydrogen-bond acceptors (Lipinski definition) is 6. The van der Waals surface area contributed by atoms with E-state index in [1.807, 2.05) is 24.3 Å². The first-order valence-corrected chi connectivity index (χ1v) is 12.1. The summed E-state index contributed by atoms with van der Waals surface area (Å²) >= 11 is 1.11. The molecule has 7 nitrogen and oxygen atoms in total. The number of carbonyl (C=O) groups is 2. The van der Waals surface area contributed by atoms with Gasteiger partial charge in [0.25, 0.3) is 5.91 Å². The number of thiophene rings is 1. The molecule has 0 saturated carbocycles. The Morgan fingerprint density at radius 1 is 1.23 bits per heavy atom. The maximum Gasteiger partial charge on any atom is 0.310 e. The minimum Gasteiger partial charge on any atom is -0.469 e. The molecule has 2 heterocycles. The number of amides is 1. The van der Waals surface area contributed by atoms with Crippen LogP contribution < -0.4 is 0 Å². The lowest BCUT2D eigenvalue weighted by Crippen LogP contribution is -2.39. The van der Waals surface area contributed by atoms with Crippen LogP contribution in [0.2, 0.25) is 0 Å². The molecule has 0 saturated heterocycles. The van der Waals surface area contributed by atoms with Crippen molar-refractivity contribution in [3.63, 3.8) is 0 Å². The summed E-state index contributed by atoms with van der Waals surface area (Å²) in [6, 6.07) is 9.29. The second kappa shape index (κ2) is 9.28. The monoisotopic (exact) mass is 450 g/mol. The average molecular weight is 451 g/mol. The first-order valence-electron chi connectivity index (χ1n) is 9.81. The second-order valence-corrected chi connectivity index (χ2v) is 10.1. The highest BCUT2D eigenvalue weighted by Crippen LogP contribution is 2.30. The SMILES string of the molecule is CCN(CC(C)C(=O)OC)C(=O)c1sccc1S(=O)(=O)N1CCc2ccccc2C1. The summed E-state index contributed by atoms with van der Waals surface area (Å²) < 4.78 is 32.9. The van der Waals surface area contributed by atoms with Gasteiger partial charge >= 0.3 is 5.97 Å². The zero-order valence-electron chi connectivity index (χ0n) is 17.3. The van der Waals surface area contributed by atoms with Gasteiger partial charge in [0.2, 0.25) is 10.0 Å². The Kier molecular flexibility index (Phi) is 6.95. The maximum absolute atomic E-state index is 13.4. The topological polar surface area (TPSA) is 84.0 Å². The van der Waals surface area contributed by atoms with Gasteiger partial charge < -0.3 is 9.64 Å². The maximum atomic E-state index is 13.4. The molecule has 162 valence electrons. The normalized spacial score (nSPS) is 15.3. The molecule has 3 rings (SSSR count). The minimum atomic E-state index is -3.82. The van der Waals surface area contributed by atoms with E-state index in [1.54, 1.807) is 19.2 Å². The van der Waals surface area contributed by atoms with Gasteiger partial charge in [0.1, 0.15) is 9.77 Å².